The van der Waals surface area contributed by atoms with E-state index in [1.54, 1.807) is 4.90 Å². The van der Waals surface area contributed by atoms with Gasteiger partial charge in [-0.25, -0.2) is 8.42 Å². The minimum Gasteiger partial charge on any atom is -0.311 e. The number of anilines is 1. The second-order valence-electron chi connectivity index (χ2n) is 5.99. The zero-order valence-corrected chi connectivity index (χ0v) is 14.9. The molecule has 1 amide bonds. The van der Waals surface area contributed by atoms with Gasteiger partial charge in [0.25, 0.3) is 0 Å². The van der Waals surface area contributed by atoms with Crippen molar-refractivity contribution in [2.24, 2.45) is 0 Å². The highest BCUT2D eigenvalue weighted by Crippen LogP contribution is 2.28. The van der Waals surface area contributed by atoms with Gasteiger partial charge in [-0.05, 0) is 55.7 Å². The third-order valence-corrected chi connectivity index (χ3v) is 6.01. The molecule has 0 radical (unpaired) electrons. The summed E-state index contributed by atoms with van der Waals surface area (Å²) in [6, 6.07) is 11.8. The van der Waals surface area contributed by atoms with Crippen LogP contribution >= 0.6 is 11.6 Å². The lowest BCUT2D eigenvalue weighted by molar-refractivity contribution is -0.116. The molecule has 1 aliphatic heterocycles. The van der Waals surface area contributed by atoms with E-state index in [9.17, 15) is 13.2 Å². The molecule has 1 aliphatic rings. The highest BCUT2D eigenvalue weighted by molar-refractivity contribution is 7.92. The zero-order chi connectivity index (χ0) is 17.3. The first-order valence-corrected chi connectivity index (χ1v) is 9.78. The molecule has 0 saturated heterocycles. The van der Waals surface area contributed by atoms with Crippen LogP contribution in [0.5, 0.6) is 0 Å². The number of hydrogen-bond donors (Lipinski definition) is 0. The number of carbonyl (C=O) groups excluding carboxylic acids is 1. The molecule has 0 fully saturated rings. The van der Waals surface area contributed by atoms with Crippen LogP contribution in [0.25, 0.3) is 0 Å². The smallest absolute Gasteiger partial charge is 0.242 e. The maximum atomic E-state index is 12.6. The highest BCUT2D eigenvalue weighted by atomic mass is 35.5. The van der Waals surface area contributed by atoms with E-state index in [4.69, 9.17) is 11.6 Å². The summed E-state index contributed by atoms with van der Waals surface area (Å²) < 4.78 is 24.9. The minimum absolute atomic E-state index is 0.112. The average Bonchev–Trinajstić information content (AvgIpc) is 2.54. The fourth-order valence-electron chi connectivity index (χ4n) is 2.95. The molecule has 4 nitrogen and oxygen atoms in total. The van der Waals surface area contributed by atoms with Crippen LogP contribution in [0.1, 0.15) is 17.5 Å². The van der Waals surface area contributed by atoms with E-state index < -0.39 is 21.5 Å². The number of nitrogens with zero attached hydrogens (tertiary/aromatic N) is 1. The van der Waals surface area contributed by atoms with Gasteiger partial charge in [0.05, 0.1) is 4.90 Å². The van der Waals surface area contributed by atoms with E-state index in [2.05, 4.69) is 6.07 Å². The van der Waals surface area contributed by atoms with E-state index in [-0.39, 0.29) is 4.90 Å². The molecule has 0 atom stereocenters. The molecule has 2 aromatic carbocycles. The van der Waals surface area contributed by atoms with Crippen LogP contribution in [-0.2, 0) is 21.1 Å². The van der Waals surface area contributed by atoms with Crippen LogP contribution < -0.4 is 4.90 Å². The summed E-state index contributed by atoms with van der Waals surface area (Å²) in [5.74, 6) is -0.933. The molecule has 0 saturated carbocycles. The van der Waals surface area contributed by atoms with Crippen molar-refractivity contribution in [3.8, 4) is 0 Å². The van der Waals surface area contributed by atoms with E-state index in [1.165, 1.54) is 24.3 Å². The minimum atomic E-state index is -3.69. The summed E-state index contributed by atoms with van der Waals surface area (Å²) in [5.41, 5.74) is 3.05. The first kappa shape index (κ1) is 17.0. The lowest BCUT2D eigenvalue weighted by atomic mass is 9.99. The molecule has 24 heavy (non-hydrogen) atoms. The van der Waals surface area contributed by atoms with Crippen LogP contribution in [0.15, 0.2) is 47.4 Å². The zero-order valence-electron chi connectivity index (χ0n) is 13.3. The molecular weight excluding hydrogens is 346 g/mol. The Hall–Kier alpha value is -1.85. The molecule has 0 N–H and O–H groups in total. The van der Waals surface area contributed by atoms with Gasteiger partial charge in [-0.15, -0.1) is 0 Å². The van der Waals surface area contributed by atoms with Gasteiger partial charge in [0, 0.05) is 17.3 Å². The Morgan fingerprint density at radius 2 is 1.88 bits per heavy atom. The van der Waals surface area contributed by atoms with Gasteiger partial charge in [0.1, 0.15) is 5.75 Å². The molecular formula is C18H18ClNO3S. The van der Waals surface area contributed by atoms with Crippen LogP contribution in [0.2, 0.25) is 5.02 Å². The topological polar surface area (TPSA) is 54.5 Å². The molecule has 0 spiro atoms. The summed E-state index contributed by atoms with van der Waals surface area (Å²) in [6.45, 7) is 2.55. The van der Waals surface area contributed by atoms with E-state index in [0.717, 1.165) is 29.7 Å². The number of amides is 1. The Morgan fingerprint density at radius 1 is 1.17 bits per heavy atom. The van der Waals surface area contributed by atoms with E-state index in [1.807, 2.05) is 19.1 Å². The van der Waals surface area contributed by atoms with Crippen molar-refractivity contribution < 1.29 is 13.2 Å². The third kappa shape index (κ3) is 3.47. The molecule has 0 aromatic heterocycles. The second-order valence-corrected chi connectivity index (χ2v) is 8.42. The van der Waals surface area contributed by atoms with Crippen molar-refractivity contribution in [2.45, 2.75) is 24.7 Å². The monoisotopic (exact) mass is 363 g/mol. The number of hydrogen-bond acceptors (Lipinski definition) is 3. The number of sulfone groups is 1. The van der Waals surface area contributed by atoms with Crippen LogP contribution in [0.4, 0.5) is 5.69 Å². The van der Waals surface area contributed by atoms with Crippen LogP contribution in [0, 0.1) is 6.92 Å². The molecule has 0 bridgehead atoms. The lowest BCUT2D eigenvalue weighted by Gasteiger charge is -2.29. The predicted molar refractivity (Wildman–Crippen MR) is 95.4 cm³/mol. The van der Waals surface area contributed by atoms with Crippen molar-refractivity contribution in [2.75, 3.05) is 17.2 Å². The standard InChI is InChI=1S/C18H18ClNO3S/c1-13-4-9-17-14(11-13)3-2-10-20(17)18(21)12-24(22,23)16-7-5-15(19)6-8-16/h4-9,11H,2-3,10,12H2,1H3. The summed E-state index contributed by atoms with van der Waals surface area (Å²) in [6.07, 6.45) is 1.74. The summed E-state index contributed by atoms with van der Waals surface area (Å²) >= 11 is 5.79. The molecule has 0 unspecified atom stereocenters. The second kappa shape index (κ2) is 6.57. The van der Waals surface area contributed by atoms with Crippen molar-refractivity contribution in [3.63, 3.8) is 0 Å². The van der Waals surface area contributed by atoms with Gasteiger partial charge in [-0.1, -0.05) is 29.3 Å². The number of halogens is 1. The number of benzene rings is 2. The largest absolute Gasteiger partial charge is 0.311 e. The van der Waals surface area contributed by atoms with Gasteiger partial charge in [0.15, 0.2) is 9.84 Å². The van der Waals surface area contributed by atoms with Crippen molar-refractivity contribution in [3.05, 3.63) is 58.6 Å². The Bertz CT molecular complexity index is 876. The highest BCUT2D eigenvalue weighted by Gasteiger charge is 2.27. The molecule has 126 valence electrons. The fraction of sp³-hybridized carbons (Fsp3) is 0.278. The Morgan fingerprint density at radius 3 is 2.58 bits per heavy atom. The average molecular weight is 364 g/mol. The SMILES string of the molecule is Cc1ccc2c(c1)CCCN2C(=O)CS(=O)(=O)c1ccc(Cl)cc1. The van der Waals surface area contributed by atoms with Crippen molar-refractivity contribution in [1.29, 1.82) is 0 Å². The van der Waals surface area contributed by atoms with Crippen molar-refractivity contribution >= 4 is 33.0 Å². The van der Waals surface area contributed by atoms with Gasteiger partial charge in [-0.2, -0.15) is 0 Å². The van der Waals surface area contributed by atoms with E-state index in [0.29, 0.717) is 11.6 Å². The lowest BCUT2D eigenvalue weighted by Crippen LogP contribution is -2.39. The quantitative estimate of drug-likeness (QED) is 0.839. The molecule has 0 aliphatic carbocycles. The molecule has 3 rings (SSSR count). The number of fused-ring (bicyclic) bond motifs is 1. The van der Waals surface area contributed by atoms with Gasteiger partial charge in [0.2, 0.25) is 5.91 Å². The first-order valence-electron chi connectivity index (χ1n) is 7.75. The third-order valence-electron chi connectivity index (χ3n) is 4.14. The Labute approximate surface area is 147 Å². The summed E-state index contributed by atoms with van der Waals surface area (Å²) in [5, 5.41) is 0.459. The maximum Gasteiger partial charge on any atom is 0.242 e. The molecule has 2 aromatic rings. The predicted octanol–water partition coefficient (Wildman–Crippen LogP) is 3.40. The fourth-order valence-corrected chi connectivity index (χ4v) is 4.28. The van der Waals surface area contributed by atoms with Crippen molar-refractivity contribution in [1.82, 2.24) is 0 Å². The van der Waals surface area contributed by atoms with Crippen LogP contribution in [-0.4, -0.2) is 26.6 Å². The molecule has 6 heteroatoms. The Balaban J connectivity index is 1.84. The van der Waals surface area contributed by atoms with Gasteiger partial charge < -0.3 is 4.90 Å². The Kier molecular flexibility index (Phi) is 4.65. The number of aryl methyl sites for hydroxylation is 2. The first-order chi connectivity index (χ1) is 11.4. The van der Waals surface area contributed by atoms with E-state index >= 15 is 0 Å². The number of rotatable bonds is 3. The summed E-state index contributed by atoms with van der Waals surface area (Å²) in [7, 11) is -3.69. The van der Waals surface area contributed by atoms with Gasteiger partial charge >= 0.3 is 0 Å². The maximum absolute atomic E-state index is 12.6. The van der Waals surface area contributed by atoms with Crippen LogP contribution in [0.3, 0.4) is 0 Å². The number of carbonyl (C=O) groups is 1. The van der Waals surface area contributed by atoms with Gasteiger partial charge in [-0.3, -0.25) is 4.79 Å². The summed E-state index contributed by atoms with van der Waals surface area (Å²) in [4.78, 5) is 14.3. The normalized spacial score (nSPS) is 14.3. The molecule has 1 heterocycles.